The summed E-state index contributed by atoms with van der Waals surface area (Å²) in [6.45, 7) is 2.78. The molecule has 5 nitrogen and oxygen atoms in total. The Morgan fingerprint density at radius 2 is 2.43 bits per heavy atom. The van der Waals surface area contributed by atoms with Gasteiger partial charge >= 0.3 is 0 Å². The van der Waals surface area contributed by atoms with Crippen LogP contribution in [0.15, 0.2) is 12.5 Å². The summed E-state index contributed by atoms with van der Waals surface area (Å²) in [6, 6.07) is 0. The summed E-state index contributed by atoms with van der Waals surface area (Å²) in [6.07, 6.45) is 3.40. The van der Waals surface area contributed by atoms with Crippen LogP contribution in [0.5, 0.6) is 0 Å². The van der Waals surface area contributed by atoms with Gasteiger partial charge < -0.3 is 5.32 Å². The Morgan fingerprint density at radius 3 is 3.00 bits per heavy atom. The van der Waals surface area contributed by atoms with Crippen molar-refractivity contribution in [1.82, 2.24) is 19.1 Å². The summed E-state index contributed by atoms with van der Waals surface area (Å²) < 4.78 is 5.78. The molecular weight excluding hydrogens is 198 g/mol. The quantitative estimate of drug-likeness (QED) is 0.825. The van der Waals surface area contributed by atoms with E-state index in [2.05, 4.69) is 19.8 Å². The monoisotopic (exact) mass is 209 g/mol. The standard InChI is InChI=1S/C8H11N5S/c1-6-3-11-13(2)7(6)4-9-8-10-5-12-14-8/h3,5H,4H2,1-2H3,(H,9,10,12). The van der Waals surface area contributed by atoms with Crippen LogP contribution in [-0.4, -0.2) is 19.1 Å². The van der Waals surface area contributed by atoms with Gasteiger partial charge in [-0.05, 0) is 12.5 Å². The molecule has 0 aliphatic heterocycles. The third-order valence-corrected chi connectivity index (χ3v) is 2.66. The summed E-state index contributed by atoms with van der Waals surface area (Å²) in [5.74, 6) is 0. The fourth-order valence-corrected chi connectivity index (χ4v) is 1.66. The Kier molecular flexibility index (Phi) is 2.45. The fraction of sp³-hybridized carbons (Fsp3) is 0.375. The number of aromatic nitrogens is 4. The second kappa shape index (κ2) is 3.75. The van der Waals surface area contributed by atoms with Crippen molar-refractivity contribution in [3.05, 3.63) is 23.8 Å². The molecule has 6 heteroatoms. The average molecular weight is 209 g/mol. The maximum atomic E-state index is 4.16. The molecule has 0 atom stereocenters. The van der Waals surface area contributed by atoms with E-state index >= 15 is 0 Å². The molecular formula is C8H11N5S. The summed E-state index contributed by atoms with van der Waals surface area (Å²) in [4.78, 5) is 4.04. The summed E-state index contributed by atoms with van der Waals surface area (Å²) >= 11 is 1.35. The Bertz CT molecular complexity index is 386. The van der Waals surface area contributed by atoms with Crippen molar-refractivity contribution in [2.24, 2.45) is 7.05 Å². The smallest absolute Gasteiger partial charge is 0.202 e. The van der Waals surface area contributed by atoms with Crippen molar-refractivity contribution >= 4 is 16.7 Å². The second-order valence-electron chi connectivity index (χ2n) is 3.00. The molecule has 0 bridgehead atoms. The van der Waals surface area contributed by atoms with E-state index < -0.39 is 0 Å². The predicted octanol–water partition coefficient (Wildman–Crippen LogP) is 1.19. The Balaban J connectivity index is 2.05. The Labute approximate surface area is 86.0 Å². The lowest BCUT2D eigenvalue weighted by Gasteiger charge is -2.03. The maximum Gasteiger partial charge on any atom is 0.202 e. The molecule has 0 aliphatic carbocycles. The van der Waals surface area contributed by atoms with Gasteiger partial charge in [0.1, 0.15) is 6.33 Å². The van der Waals surface area contributed by atoms with Gasteiger partial charge in [0.05, 0.1) is 18.4 Å². The number of nitrogens with one attached hydrogen (secondary N) is 1. The summed E-state index contributed by atoms with van der Waals surface area (Å²) in [5, 5.41) is 8.19. The van der Waals surface area contributed by atoms with Gasteiger partial charge in [0.2, 0.25) is 5.13 Å². The van der Waals surface area contributed by atoms with Gasteiger partial charge in [0.15, 0.2) is 0 Å². The van der Waals surface area contributed by atoms with Crippen LogP contribution in [0.2, 0.25) is 0 Å². The zero-order valence-electron chi connectivity index (χ0n) is 8.06. The Hall–Kier alpha value is -1.43. The number of anilines is 1. The number of hydrogen-bond acceptors (Lipinski definition) is 5. The molecule has 0 aromatic carbocycles. The van der Waals surface area contributed by atoms with E-state index in [0.717, 1.165) is 11.7 Å². The molecule has 0 unspecified atom stereocenters. The molecule has 2 aromatic rings. The molecule has 1 N–H and O–H groups in total. The van der Waals surface area contributed by atoms with E-state index in [0.29, 0.717) is 0 Å². The van der Waals surface area contributed by atoms with Gasteiger partial charge in [-0.1, -0.05) is 0 Å². The first kappa shape index (κ1) is 9.14. The molecule has 0 saturated heterocycles. The zero-order chi connectivity index (χ0) is 9.97. The third kappa shape index (κ3) is 1.74. The fourth-order valence-electron chi connectivity index (χ4n) is 1.24. The minimum absolute atomic E-state index is 0.734. The average Bonchev–Trinajstić information content (AvgIpc) is 2.76. The van der Waals surface area contributed by atoms with Crippen molar-refractivity contribution in [2.75, 3.05) is 5.32 Å². The molecule has 2 heterocycles. The van der Waals surface area contributed by atoms with Crippen LogP contribution >= 0.6 is 11.5 Å². The van der Waals surface area contributed by atoms with Crippen molar-refractivity contribution in [3.63, 3.8) is 0 Å². The third-order valence-electron chi connectivity index (χ3n) is 2.04. The minimum Gasteiger partial charge on any atom is -0.355 e. The molecule has 0 spiro atoms. The van der Waals surface area contributed by atoms with Gasteiger partial charge in [-0.25, -0.2) is 4.98 Å². The van der Waals surface area contributed by atoms with Gasteiger partial charge in [0.25, 0.3) is 0 Å². The van der Waals surface area contributed by atoms with Crippen molar-refractivity contribution in [1.29, 1.82) is 0 Å². The van der Waals surface area contributed by atoms with Gasteiger partial charge in [-0.15, -0.1) is 0 Å². The first-order valence-corrected chi connectivity index (χ1v) is 5.02. The SMILES string of the molecule is Cc1cnn(C)c1CNc1ncns1. The highest BCUT2D eigenvalue weighted by Crippen LogP contribution is 2.11. The van der Waals surface area contributed by atoms with Crippen LogP contribution in [0.4, 0.5) is 5.13 Å². The lowest BCUT2D eigenvalue weighted by atomic mass is 10.3. The maximum absolute atomic E-state index is 4.16. The predicted molar refractivity (Wildman–Crippen MR) is 55.2 cm³/mol. The Morgan fingerprint density at radius 1 is 1.57 bits per heavy atom. The van der Waals surface area contributed by atoms with E-state index in [-0.39, 0.29) is 0 Å². The normalized spacial score (nSPS) is 10.4. The van der Waals surface area contributed by atoms with Gasteiger partial charge in [-0.3, -0.25) is 4.68 Å². The van der Waals surface area contributed by atoms with Gasteiger partial charge in [-0.2, -0.15) is 9.47 Å². The molecule has 2 rings (SSSR count). The van der Waals surface area contributed by atoms with E-state index in [1.807, 2.05) is 24.9 Å². The van der Waals surface area contributed by atoms with Crippen LogP contribution in [0.3, 0.4) is 0 Å². The molecule has 74 valence electrons. The highest BCUT2D eigenvalue weighted by molar-refractivity contribution is 7.09. The van der Waals surface area contributed by atoms with Crippen molar-refractivity contribution in [3.8, 4) is 0 Å². The number of hydrogen-bond donors (Lipinski definition) is 1. The second-order valence-corrected chi connectivity index (χ2v) is 3.78. The van der Waals surface area contributed by atoms with Crippen LogP contribution in [0.1, 0.15) is 11.3 Å². The molecule has 14 heavy (non-hydrogen) atoms. The highest BCUT2D eigenvalue weighted by Gasteiger charge is 2.04. The summed E-state index contributed by atoms with van der Waals surface area (Å²) in [7, 11) is 1.93. The number of nitrogens with zero attached hydrogens (tertiary/aromatic N) is 4. The van der Waals surface area contributed by atoms with E-state index in [1.165, 1.54) is 22.8 Å². The molecule has 0 amide bonds. The first-order chi connectivity index (χ1) is 6.77. The van der Waals surface area contributed by atoms with E-state index in [4.69, 9.17) is 0 Å². The first-order valence-electron chi connectivity index (χ1n) is 4.25. The lowest BCUT2D eigenvalue weighted by Crippen LogP contribution is -2.06. The zero-order valence-corrected chi connectivity index (χ0v) is 8.88. The van der Waals surface area contributed by atoms with Crippen molar-refractivity contribution in [2.45, 2.75) is 13.5 Å². The molecule has 0 saturated carbocycles. The largest absolute Gasteiger partial charge is 0.355 e. The van der Waals surface area contributed by atoms with Crippen LogP contribution in [0, 0.1) is 6.92 Å². The minimum atomic E-state index is 0.734. The van der Waals surface area contributed by atoms with Crippen LogP contribution in [0.25, 0.3) is 0 Å². The van der Waals surface area contributed by atoms with Crippen LogP contribution < -0.4 is 5.32 Å². The van der Waals surface area contributed by atoms with Crippen LogP contribution in [-0.2, 0) is 13.6 Å². The molecule has 0 fully saturated rings. The number of aryl methyl sites for hydroxylation is 2. The number of rotatable bonds is 3. The summed E-state index contributed by atoms with van der Waals surface area (Å²) in [5.41, 5.74) is 2.35. The highest BCUT2D eigenvalue weighted by atomic mass is 32.1. The molecule has 0 aliphatic rings. The van der Waals surface area contributed by atoms with Gasteiger partial charge in [0, 0.05) is 18.6 Å². The van der Waals surface area contributed by atoms with E-state index in [1.54, 1.807) is 6.33 Å². The molecule has 0 radical (unpaired) electrons. The topological polar surface area (TPSA) is 55.6 Å². The van der Waals surface area contributed by atoms with Crippen molar-refractivity contribution < 1.29 is 0 Å². The molecule has 2 aromatic heterocycles. The lowest BCUT2D eigenvalue weighted by molar-refractivity contribution is 0.719. The van der Waals surface area contributed by atoms with E-state index in [9.17, 15) is 0 Å².